The molecule has 1 aliphatic carbocycles. The van der Waals surface area contributed by atoms with E-state index < -0.39 is 0 Å². The van der Waals surface area contributed by atoms with Crippen molar-refractivity contribution in [2.45, 2.75) is 70.5 Å². The molecule has 1 aromatic carbocycles. The first-order valence-corrected chi connectivity index (χ1v) is 8.98. The van der Waals surface area contributed by atoms with E-state index in [1.165, 1.54) is 25.7 Å². The van der Waals surface area contributed by atoms with Crippen molar-refractivity contribution < 1.29 is 9.53 Å². The van der Waals surface area contributed by atoms with E-state index in [1.54, 1.807) is 0 Å². The molecule has 0 bridgehead atoms. The number of halogens is 1. The van der Waals surface area contributed by atoms with Crippen LogP contribution in [0.5, 0.6) is 0 Å². The largest absolute Gasteiger partial charge is 0.374 e. The van der Waals surface area contributed by atoms with Gasteiger partial charge >= 0.3 is 0 Å². The summed E-state index contributed by atoms with van der Waals surface area (Å²) in [5, 5.41) is 2.95. The molecule has 0 aliphatic heterocycles. The van der Waals surface area contributed by atoms with E-state index in [9.17, 15) is 4.79 Å². The Morgan fingerprint density at radius 3 is 2.42 bits per heavy atom. The van der Waals surface area contributed by atoms with Gasteiger partial charge in [-0.2, -0.15) is 0 Å². The third-order valence-corrected chi connectivity index (χ3v) is 4.38. The van der Waals surface area contributed by atoms with Crippen LogP contribution in [0.15, 0.2) is 24.3 Å². The molecule has 1 saturated carbocycles. The summed E-state index contributed by atoms with van der Waals surface area (Å²) in [6, 6.07) is 7.98. The third kappa shape index (κ3) is 8.13. The SMILES string of the molecule is Cl.NCCCCCCC(=O)Nc1ccc(COC2CCCC2)cc1. The normalized spacial score (nSPS) is 14.4. The summed E-state index contributed by atoms with van der Waals surface area (Å²) in [4.78, 5) is 11.9. The molecule has 1 aromatic rings. The number of carbonyl (C=O) groups is 1. The number of carbonyl (C=O) groups excluding carboxylic acids is 1. The van der Waals surface area contributed by atoms with Crippen LogP contribution in [-0.2, 0) is 16.1 Å². The van der Waals surface area contributed by atoms with Gasteiger partial charge in [0, 0.05) is 12.1 Å². The maximum atomic E-state index is 11.9. The highest BCUT2D eigenvalue weighted by molar-refractivity contribution is 5.90. The number of unbranched alkanes of at least 4 members (excludes halogenated alkanes) is 3. The van der Waals surface area contributed by atoms with E-state index in [1.807, 2.05) is 24.3 Å². The van der Waals surface area contributed by atoms with Crippen LogP contribution in [0.3, 0.4) is 0 Å². The van der Waals surface area contributed by atoms with E-state index in [2.05, 4.69) is 5.32 Å². The molecule has 0 spiro atoms. The summed E-state index contributed by atoms with van der Waals surface area (Å²) >= 11 is 0. The van der Waals surface area contributed by atoms with Gasteiger partial charge in [0.05, 0.1) is 12.7 Å². The van der Waals surface area contributed by atoms with Crippen molar-refractivity contribution in [1.82, 2.24) is 0 Å². The highest BCUT2D eigenvalue weighted by Crippen LogP contribution is 2.22. The van der Waals surface area contributed by atoms with Gasteiger partial charge in [-0.15, -0.1) is 12.4 Å². The summed E-state index contributed by atoms with van der Waals surface area (Å²) < 4.78 is 5.90. The summed E-state index contributed by atoms with van der Waals surface area (Å²) in [5.74, 6) is 0.0905. The number of amides is 1. The van der Waals surface area contributed by atoms with Crippen molar-refractivity contribution in [1.29, 1.82) is 0 Å². The topological polar surface area (TPSA) is 64.4 Å². The number of nitrogens with one attached hydrogen (secondary N) is 1. The molecular weight excluding hydrogens is 324 g/mol. The maximum absolute atomic E-state index is 11.9. The Morgan fingerprint density at radius 2 is 1.75 bits per heavy atom. The van der Waals surface area contributed by atoms with Crippen LogP contribution in [0.4, 0.5) is 5.69 Å². The fraction of sp³-hybridized carbons (Fsp3) is 0.632. The van der Waals surface area contributed by atoms with Crippen molar-refractivity contribution in [2.75, 3.05) is 11.9 Å². The summed E-state index contributed by atoms with van der Waals surface area (Å²) in [7, 11) is 0. The fourth-order valence-corrected chi connectivity index (χ4v) is 2.96. The molecule has 1 amide bonds. The Hall–Kier alpha value is -1.10. The first-order chi connectivity index (χ1) is 11.3. The molecule has 136 valence electrons. The second kappa shape index (κ2) is 12.3. The van der Waals surface area contributed by atoms with E-state index in [-0.39, 0.29) is 18.3 Å². The van der Waals surface area contributed by atoms with E-state index in [0.717, 1.165) is 43.5 Å². The van der Waals surface area contributed by atoms with Gasteiger partial charge in [-0.25, -0.2) is 0 Å². The minimum Gasteiger partial charge on any atom is -0.374 e. The fourth-order valence-electron chi connectivity index (χ4n) is 2.96. The highest BCUT2D eigenvalue weighted by atomic mass is 35.5. The molecule has 0 saturated heterocycles. The molecule has 0 aromatic heterocycles. The molecule has 4 nitrogen and oxygen atoms in total. The van der Waals surface area contributed by atoms with Crippen molar-refractivity contribution in [2.24, 2.45) is 5.73 Å². The second-order valence-electron chi connectivity index (χ2n) is 6.42. The van der Waals surface area contributed by atoms with Gasteiger partial charge in [-0.3, -0.25) is 4.79 Å². The van der Waals surface area contributed by atoms with E-state index in [0.29, 0.717) is 19.1 Å². The molecule has 3 N–H and O–H groups in total. The van der Waals surface area contributed by atoms with Gasteiger partial charge in [0.2, 0.25) is 5.91 Å². The number of hydrogen-bond donors (Lipinski definition) is 2. The second-order valence-corrected chi connectivity index (χ2v) is 6.42. The third-order valence-electron chi connectivity index (χ3n) is 4.38. The maximum Gasteiger partial charge on any atom is 0.224 e. The van der Waals surface area contributed by atoms with Crippen molar-refractivity contribution in [3.8, 4) is 0 Å². The Kier molecular flexibility index (Phi) is 10.7. The van der Waals surface area contributed by atoms with E-state index in [4.69, 9.17) is 10.5 Å². The zero-order valence-electron chi connectivity index (χ0n) is 14.5. The van der Waals surface area contributed by atoms with Crippen molar-refractivity contribution >= 4 is 24.0 Å². The van der Waals surface area contributed by atoms with Crippen LogP contribution >= 0.6 is 12.4 Å². The highest BCUT2D eigenvalue weighted by Gasteiger charge is 2.15. The van der Waals surface area contributed by atoms with Gasteiger partial charge in [0.25, 0.3) is 0 Å². The van der Waals surface area contributed by atoms with Crippen LogP contribution < -0.4 is 11.1 Å². The Balaban J connectivity index is 0.00000288. The summed E-state index contributed by atoms with van der Waals surface area (Å²) in [6.07, 6.45) is 10.2. The standard InChI is InChI=1S/C19H30N2O2.ClH/c20-14-6-2-1-3-9-19(22)21-17-12-10-16(11-13-17)15-23-18-7-4-5-8-18;/h10-13,18H,1-9,14-15,20H2,(H,21,22);1H. The molecule has 5 heteroatoms. The monoisotopic (exact) mass is 354 g/mol. The van der Waals surface area contributed by atoms with Crippen LogP contribution in [0.1, 0.15) is 63.4 Å². The minimum absolute atomic E-state index is 0. The Morgan fingerprint density at radius 1 is 1.08 bits per heavy atom. The molecule has 0 heterocycles. The lowest BCUT2D eigenvalue weighted by Gasteiger charge is -2.11. The van der Waals surface area contributed by atoms with Gasteiger partial charge in [0.1, 0.15) is 0 Å². The number of nitrogens with two attached hydrogens (primary N) is 1. The van der Waals surface area contributed by atoms with Crippen LogP contribution in [0.25, 0.3) is 0 Å². The quantitative estimate of drug-likeness (QED) is 0.611. The molecule has 2 rings (SSSR count). The molecule has 0 unspecified atom stereocenters. The lowest BCUT2D eigenvalue weighted by molar-refractivity contribution is -0.116. The van der Waals surface area contributed by atoms with Crippen molar-refractivity contribution in [3.63, 3.8) is 0 Å². The number of hydrogen-bond acceptors (Lipinski definition) is 3. The zero-order valence-corrected chi connectivity index (χ0v) is 15.3. The minimum atomic E-state index is 0. The smallest absolute Gasteiger partial charge is 0.224 e. The van der Waals surface area contributed by atoms with Gasteiger partial charge in [-0.1, -0.05) is 37.8 Å². The first kappa shape index (κ1) is 20.9. The van der Waals surface area contributed by atoms with Gasteiger partial charge in [0.15, 0.2) is 0 Å². The molecule has 1 aliphatic rings. The van der Waals surface area contributed by atoms with E-state index >= 15 is 0 Å². The van der Waals surface area contributed by atoms with Crippen molar-refractivity contribution in [3.05, 3.63) is 29.8 Å². The molecule has 1 fully saturated rings. The summed E-state index contributed by atoms with van der Waals surface area (Å²) in [5.41, 5.74) is 7.48. The van der Waals surface area contributed by atoms with Crippen LogP contribution in [0, 0.1) is 0 Å². The number of benzene rings is 1. The predicted molar refractivity (Wildman–Crippen MR) is 102 cm³/mol. The van der Waals surface area contributed by atoms with Gasteiger partial charge < -0.3 is 15.8 Å². The Labute approximate surface area is 151 Å². The number of rotatable bonds is 10. The number of ether oxygens (including phenoxy) is 1. The molecule has 0 atom stereocenters. The Bertz CT molecular complexity index is 459. The number of anilines is 1. The zero-order chi connectivity index (χ0) is 16.3. The van der Waals surface area contributed by atoms with Gasteiger partial charge in [-0.05, 0) is 49.9 Å². The lowest BCUT2D eigenvalue weighted by atomic mass is 10.1. The summed E-state index contributed by atoms with van der Waals surface area (Å²) in [6.45, 7) is 1.41. The lowest BCUT2D eigenvalue weighted by Crippen LogP contribution is -2.11. The molecular formula is C19H31ClN2O2. The predicted octanol–water partition coefficient (Wildman–Crippen LogP) is 4.42. The molecule has 24 heavy (non-hydrogen) atoms. The average Bonchev–Trinajstić information content (AvgIpc) is 3.07. The molecule has 0 radical (unpaired) electrons. The first-order valence-electron chi connectivity index (χ1n) is 8.98. The average molecular weight is 355 g/mol. The van der Waals surface area contributed by atoms with Crippen LogP contribution in [0.2, 0.25) is 0 Å². The van der Waals surface area contributed by atoms with Crippen LogP contribution in [-0.4, -0.2) is 18.6 Å².